The third-order valence-corrected chi connectivity index (χ3v) is 7.26. The molecular weight excluding hydrogens is 348 g/mol. The van der Waals surface area contributed by atoms with Crippen LogP contribution in [0.3, 0.4) is 0 Å². The molecule has 2 unspecified atom stereocenters. The van der Waals surface area contributed by atoms with Crippen molar-refractivity contribution in [2.45, 2.75) is 12.0 Å². The Morgan fingerprint density at radius 1 is 0.704 bits per heavy atom. The SMILES string of the molecule is C1=CC2c3ccc4c5ccccc5n5c6ccccc6sn(c3c45)C2C=C1. The van der Waals surface area contributed by atoms with E-state index in [1.165, 1.54) is 43.1 Å². The lowest BCUT2D eigenvalue weighted by atomic mass is 9.91. The van der Waals surface area contributed by atoms with E-state index in [2.05, 4.69) is 93.3 Å². The Bertz CT molecular complexity index is 1490. The Kier molecular flexibility index (Phi) is 2.51. The number of hydrogen-bond donors (Lipinski definition) is 0. The molecule has 0 fully saturated rings. The van der Waals surface area contributed by atoms with Gasteiger partial charge in [0.1, 0.15) is 0 Å². The first-order chi connectivity index (χ1) is 13.4. The summed E-state index contributed by atoms with van der Waals surface area (Å²) < 4.78 is 6.34. The summed E-state index contributed by atoms with van der Waals surface area (Å²) in [4.78, 5) is 0. The number of aromatic nitrogens is 2. The van der Waals surface area contributed by atoms with Crippen LogP contribution in [0.25, 0.3) is 37.5 Å². The normalized spacial score (nSPS) is 20.3. The average molecular weight is 364 g/mol. The summed E-state index contributed by atoms with van der Waals surface area (Å²) in [7, 11) is 0. The second-order valence-electron chi connectivity index (χ2n) is 7.42. The molecule has 7 rings (SSSR count). The van der Waals surface area contributed by atoms with Crippen LogP contribution in [0.5, 0.6) is 0 Å². The largest absolute Gasteiger partial charge is 0.306 e. The monoisotopic (exact) mass is 364 g/mol. The van der Waals surface area contributed by atoms with E-state index in [1.54, 1.807) is 0 Å². The van der Waals surface area contributed by atoms with E-state index in [9.17, 15) is 0 Å². The van der Waals surface area contributed by atoms with E-state index in [0.717, 1.165) is 0 Å². The van der Waals surface area contributed by atoms with Crippen molar-refractivity contribution in [2.75, 3.05) is 0 Å². The van der Waals surface area contributed by atoms with Gasteiger partial charge in [0.25, 0.3) is 0 Å². The van der Waals surface area contributed by atoms with Crippen LogP contribution in [0.2, 0.25) is 0 Å². The first-order valence-electron chi connectivity index (χ1n) is 9.39. The van der Waals surface area contributed by atoms with E-state index in [1.807, 2.05) is 11.5 Å². The first-order valence-corrected chi connectivity index (χ1v) is 10.2. The molecule has 2 aliphatic rings. The summed E-state index contributed by atoms with van der Waals surface area (Å²) in [6.07, 6.45) is 9.09. The highest BCUT2D eigenvalue weighted by Gasteiger charge is 2.33. The number of hydrogen-bond acceptors (Lipinski definition) is 1. The molecule has 0 radical (unpaired) electrons. The highest BCUT2D eigenvalue weighted by Crippen LogP contribution is 2.48. The van der Waals surface area contributed by atoms with Gasteiger partial charge in [0, 0.05) is 16.7 Å². The molecule has 5 aromatic rings. The minimum Gasteiger partial charge on any atom is -0.306 e. The van der Waals surface area contributed by atoms with E-state index in [0.29, 0.717) is 12.0 Å². The van der Waals surface area contributed by atoms with Crippen molar-refractivity contribution in [1.82, 2.24) is 8.36 Å². The molecule has 0 N–H and O–H groups in total. The van der Waals surface area contributed by atoms with Crippen LogP contribution in [-0.4, -0.2) is 8.36 Å². The van der Waals surface area contributed by atoms with Crippen molar-refractivity contribution in [1.29, 1.82) is 0 Å². The van der Waals surface area contributed by atoms with Gasteiger partial charge in [-0.25, -0.2) is 0 Å². The molecule has 1 aliphatic carbocycles. The summed E-state index contributed by atoms with van der Waals surface area (Å²) >= 11 is 1.89. The molecule has 2 aromatic heterocycles. The molecule has 2 nitrogen and oxygen atoms in total. The van der Waals surface area contributed by atoms with Crippen LogP contribution in [0.15, 0.2) is 85.0 Å². The number of nitrogens with zero attached hydrogens (tertiary/aromatic N) is 2. The zero-order chi connectivity index (χ0) is 17.5. The molecule has 3 heterocycles. The molecule has 3 heteroatoms. The number of allylic oxidation sites excluding steroid dienone is 4. The minimum absolute atomic E-state index is 0.373. The zero-order valence-electron chi connectivity index (χ0n) is 14.5. The summed E-state index contributed by atoms with van der Waals surface area (Å²) in [5, 5.41) is 2.68. The molecule has 0 saturated carbocycles. The highest BCUT2D eigenvalue weighted by atomic mass is 32.1. The number of benzene rings is 3. The average Bonchev–Trinajstić information content (AvgIpc) is 3.16. The third-order valence-electron chi connectivity index (χ3n) is 6.10. The van der Waals surface area contributed by atoms with Gasteiger partial charge in [0.05, 0.1) is 32.8 Å². The Hall–Kier alpha value is -3.04. The third kappa shape index (κ3) is 1.62. The van der Waals surface area contributed by atoms with Gasteiger partial charge < -0.3 is 4.40 Å². The van der Waals surface area contributed by atoms with Crippen molar-refractivity contribution >= 4 is 49.1 Å². The Morgan fingerprint density at radius 2 is 1.52 bits per heavy atom. The lowest BCUT2D eigenvalue weighted by Gasteiger charge is -2.17. The second-order valence-corrected chi connectivity index (χ2v) is 8.44. The lowest BCUT2D eigenvalue weighted by molar-refractivity contribution is 0.635. The fourth-order valence-corrected chi connectivity index (χ4v) is 6.20. The predicted molar refractivity (Wildman–Crippen MR) is 115 cm³/mol. The van der Waals surface area contributed by atoms with Crippen molar-refractivity contribution < 1.29 is 0 Å². The second kappa shape index (κ2) is 4.81. The van der Waals surface area contributed by atoms with Gasteiger partial charge in [-0.1, -0.05) is 78.3 Å². The Labute approximate surface area is 160 Å². The van der Waals surface area contributed by atoms with Crippen LogP contribution in [-0.2, 0) is 0 Å². The van der Waals surface area contributed by atoms with Gasteiger partial charge >= 0.3 is 0 Å². The molecular formula is C24H16N2S. The number of para-hydroxylation sites is 2. The molecule has 128 valence electrons. The quantitative estimate of drug-likeness (QED) is 0.293. The number of rotatable bonds is 0. The van der Waals surface area contributed by atoms with Crippen molar-refractivity contribution in [3.8, 4) is 0 Å². The lowest BCUT2D eigenvalue weighted by Crippen LogP contribution is -2.06. The zero-order valence-corrected chi connectivity index (χ0v) is 15.4. The minimum atomic E-state index is 0.373. The maximum absolute atomic E-state index is 2.55. The van der Waals surface area contributed by atoms with E-state index in [4.69, 9.17) is 0 Å². The standard InChI is InChI=1S/C24H16N2S/c1-3-9-19-15(7-1)17-13-14-18-16-8-2-4-10-20(16)26-24(18)23(17)25(19)21-11-5-6-12-22(21)27-26/h1-14,16,20H. The summed E-state index contributed by atoms with van der Waals surface area (Å²) in [5.41, 5.74) is 6.75. The van der Waals surface area contributed by atoms with Crippen molar-refractivity contribution in [3.63, 3.8) is 0 Å². The summed E-state index contributed by atoms with van der Waals surface area (Å²) in [6, 6.07) is 22.7. The summed E-state index contributed by atoms with van der Waals surface area (Å²) in [5.74, 6) is 0.429. The fourth-order valence-electron chi connectivity index (χ4n) is 4.99. The molecule has 27 heavy (non-hydrogen) atoms. The van der Waals surface area contributed by atoms with Gasteiger partial charge in [-0.2, -0.15) is 0 Å². The number of fused-ring (bicyclic) bond motifs is 8. The Balaban J connectivity index is 1.88. The van der Waals surface area contributed by atoms with E-state index in [-0.39, 0.29) is 0 Å². The van der Waals surface area contributed by atoms with Gasteiger partial charge in [-0.3, -0.25) is 3.96 Å². The van der Waals surface area contributed by atoms with E-state index < -0.39 is 0 Å². The smallest absolute Gasteiger partial charge is 0.0801 e. The fraction of sp³-hybridized carbons (Fsp3) is 0.0833. The molecule has 3 aromatic carbocycles. The van der Waals surface area contributed by atoms with Gasteiger partial charge in [-0.05, 0) is 23.8 Å². The maximum atomic E-state index is 2.55. The van der Waals surface area contributed by atoms with Crippen LogP contribution >= 0.6 is 11.5 Å². The van der Waals surface area contributed by atoms with Crippen molar-refractivity contribution in [2.24, 2.45) is 0 Å². The molecule has 0 amide bonds. The van der Waals surface area contributed by atoms with Crippen LogP contribution < -0.4 is 0 Å². The molecule has 0 saturated heterocycles. The summed E-state index contributed by atoms with van der Waals surface area (Å²) in [6.45, 7) is 0. The molecule has 0 spiro atoms. The van der Waals surface area contributed by atoms with Crippen LogP contribution in [0.1, 0.15) is 17.5 Å². The van der Waals surface area contributed by atoms with Crippen LogP contribution in [0, 0.1) is 0 Å². The van der Waals surface area contributed by atoms with E-state index >= 15 is 0 Å². The first kappa shape index (κ1) is 14.1. The van der Waals surface area contributed by atoms with Gasteiger partial charge in [-0.15, -0.1) is 0 Å². The highest BCUT2D eigenvalue weighted by molar-refractivity contribution is 7.13. The van der Waals surface area contributed by atoms with Gasteiger partial charge in [0.15, 0.2) is 0 Å². The molecule has 1 aliphatic heterocycles. The topological polar surface area (TPSA) is 9.34 Å². The molecule has 0 bridgehead atoms. The maximum Gasteiger partial charge on any atom is 0.0801 e. The predicted octanol–water partition coefficient (Wildman–Crippen LogP) is 6.59. The Morgan fingerprint density at radius 3 is 2.48 bits per heavy atom. The molecule has 2 atom stereocenters. The van der Waals surface area contributed by atoms with Crippen molar-refractivity contribution in [3.05, 3.63) is 90.5 Å². The van der Waals surface area contributed by atoms with Gasteiger partial charge in [0.2, 0.25) is 0 Å². The van der Waals surface area contributed by atoms with Crippen LogP contribution in [0.4, 0.5) is 0 Å².